The summed E-state index contributed by atoms with van der Waals surface area (Å²) in [6, 6.07) is 0.379. The van der Waals surface area contributed by atoms with Crippen molar-refractivity contribution < 1.29 is 4.79 Å². The van der Waals surface area contributed by atoms with Gasteiger partial charge in [0.2, 0.25) is 0 Å². The minimum absolute atomic E-state index is 0.0312. The number of nitrogens with one attached hydrogen (secondary N) is 2. The molecular formula is C11H17N3O. The Labute approximate surface area is 89.5 Å². The van der Waals surface area contributed by atoms with E-state index in [-0.39, 0.29) is 11.6 Å². The first kappa shape index (κ1) is 9.19. The number of nitrogens with zero attached hydrogens (tertiary/aromatic N) is 1. The van der Waals surface area contributed by atoms with E-state index in [0.717, 1.165) is 19.3 Å². The van der Waals surface area contributed by atoms with E-state index in [1.54, 1.807) is 0 Å². The normalized spacial score (nSPS) is 35.9. The molecule has 1 unspecified atom stereocenters. The number of carbonyl (C=O) groups is 1. The predicted molar refractivity (Wildman–Crippen MR) is 56.9 cm³/mol. The summed E-state index contributed by atoms with van der Waals surface area (Å²) in [5, 5.41) is 10.8. The maximum atomic E-state index is 11.8. The third-order valence-corrected chi connectivity index (χ3v) is 4.02. The molecule has 1 atom stereocenters. The lowest BCUT2D eigenvalue weighted by Gasteiger charge is -2.36. The summed E-state index contributed by atoms with van der Waals surface area (Å²) in [5.41, 5.74) is -0.266. The van der Waals surface area contributed by atoms with E-state index in [1.807, 2.05) is 4.90 Å². The van der Waals surface area contributed by atoms with Crippen molar-refractivity contribution in [2.45, 2.75) is 50.6 Å². The molecule has 3 rings (SSSR count). The molecule has 0 aromatic heterocycles. The van der Waals surface area contributed by atoms with Gasteiger partial charge in [0.15, 0.2) is 0 Å². The van der Waals surface area contributed by atoms with Crippen molar-refractivity contribution in [3.8, 4) is 0 Å². The van der Waals surface area contributed by atoms with Crippen LogP contribution in [-0.4, -0.2) is 28.3 Å². The number of amidine groups is 1. The van der Waals surface area contributed by atoms with Crippen LogP contribution >= 0.6 is 0 Å². The Hall–Kier alpha value is -1.06. The molecule has 2 saturated carbocycles. The molecule has 0 spiro atoms. The quantitative estimate of drug-likeness (QED) is 0.727. The lowest BCUT2D eigenvalue weighted by atomic mass is 9.88. The van der Waals surface area contributed by atoms with Crippen LogP contribution in [0, 0.1) is 11.3 Å². The highest BCUT2D eigenvalue weighted by molar-refractivity contribution is 6.09. The second-order valence-corrected chi connectivity index (χ2v) is 4.96. The van der Waals surface area contributed by atoms with Crippen LogP contribution in [0.15, 0.2) is 0 Å². The third-order valence-electron chi connectivity index (χ3n) is 4.02. The highest BCUT2D eigenvalue weighted by Gasteiger charge is 2.60. The number of rotatable bonds is 3. The highest BCUT2D eigenvalue weighted by Crippen LogP contribution is 2.50. The average molecular weight is 207 g/mol. The fourth-order valence-electron chi connectivity index (χ4n) is 3.00. The fourth-order valence-corrected chi connectivity index (χ4v) is 3.00. The van der Waals surface area contributed by atoms with Crippen molar-refractivity contribution in [3.63, 3.8) is 0 Å². The molecule has 2 N–H and O–H groups in total. The zero-order valence-corrected chi connectivity index (χ0v) is 9.05. The van der Waals surface area contributed by atoms with Crippen molar-refractivity contribution in [1.82, 2.24) is 10.2 Å². The van der Waals surface area contributed by atoms with Gasteiger partial charge in [-0.05, 0) is 38.0 Å². The Morgan fingerprint density at radius 2 is 2.13 bits per heavy atom. The summed E-state index contributed by atoms with van der Waals surface area (Å²) in [6.45, 7) is 2.10. The third kappa shape index (κ3) is 1.08. The number of hydrogen-bond donors (Lipinski definition) is 2. The van der Waals surface area contributed by atoms with E-state index in [9.17, 15) is 4.79 Å². The summed E-state index contributed by atoms with van der Waals surface area (Å²) < 4.78 is 0. The minimum Gasteiger partial charge on any atom is -0.308 e. The number of carbonyl (C=O) groups excluding carboxylic acids is 1. The summed E-state index contributed by atoms with van der Waals surface area (Å²) in [7, 11) is 0. The van der Waals surface area contributed by atoms with Crippen LogP contribution in [0.25, 0.3) is 0 Å². The summed E-state index contributed by atoms with van der Waals surface area (Å²) in [6.07, 6.45) is 5.47. The maximum Gasteiger partial charge on any atom is 0.323 e. The molecule has 2 aliphatic carbocycles. The van der Waals surface area contributed by atoms with Gasteiger partial charge in [-0.25, -0.2) is 4.79 Å². The summed E-state index contributed by atoms with van der Waals surface area (Å²) in [5.74, 6) is 0.985. The van der Waals surface area contributed by atoms with Crippen molar-refractivity contribution in [3.05, 3.63) is 0 Å². The first-order valence-electron chi connectivity index (χ1n) is 5.89. The van der Waals surface area contributed by atoms with Gasteiger partial charge in [0.05, 0.1) is 0 Å². The van der Waals surface area contributed by atoms with E-state index in [2.05, 4.69) is 12.2 Å². The van der Waals surface area contributed by atoms with Crippen LogP contribution in [0.2, 0.25) is 0 Å². The Bertz CT molecular complexity index is 333. The van der Waals surface area contributed by atoms with Crippen LogP contribution in [0.3, 0.4) is 0 Å². The highest BCUT2D eigenvalue weighted by atomic mass is 16.2. The standard InChI is InChI=1S/C11H17N3O/c1-2-11(7-3-4-7)9(12)13-10(15)14(11)8-5-6-8/h7-8H,2-6H2,1H3,(H2,12,13,15). The zero-order chi connectivity index (χ0) is 10.6. The van der Waals surface area contributed by atoms with E-state index >= 15 is 0 Å². The van der Waals surface area contributed by atoms with Gasteiger partial charge < -0.3 is 4.90 Å². The van der Waals surface area contributed by atoms with Crippen molar-refractivity contribution in [2.75, 3.05) is 0 Å². The van der Waals surface area contributed by atoms with Gasteiger partial charge in [0.1, 0.15) is 11.4 Å². The maximum absolute atomic E-state index is 11.8. The van der Waals surface area contributed by atoms with Gasteiger partial charge in [-0.1, -0.05) is 6.92 Å². The van der Waals surface area contributed by atoms with Crippen LogP contribution in [0.5, 0.6) is 0 Å². The van der Waals surface area contributed by atoms with Crippen molar-refractivity contribution >= 4 is 11.9 Å². The Balaban J connectivity index is 2.00. The second-order valence-electron chi connectivity index (χ2n) is 4.96. The lowest BCUT2D eigenvalue weighted by Crippen LogP contribution is -2.52. The van der Waals surface area contributed by atoms with Gasteiger partial charge in [-0.2, -0.15) is 0 Å². The molecule has 4 nitrogen and oxygen atoms in total. The smallest absolute Gasteiger partial charge is 0.308 e. The van der Waals surface area contributed by atoms with Gasteiger partial charge in [-0.15, -0.1) is 0 Å². The van der Waals surface area contributed by atoms with E-state index in [4.69, 9.17) is 5.41 Å². The Kier molecular flexibility index (Phi) is 1.68. The Morgan fingerprint density at radius 3 is 2.60 bits per heavy atom. The van der Waals surface area contributed by atoms with Gasteiger partial charge in [0.25, 0.3) is 0 Å². The molecule has 0 radical (unpaired) electrons. The van der Waals surface area contributed by atoms with Crippen LogP contribution in [-0.2, 0) is 0 Å². The van der Waals surface area contributed by atoms with Gasteiger partial charge in [0, 0.05) is 6.04 Å². The van der Waals surface area contributed by atoms with Crippen molar-refractivity contribution in [2.24, 2.45) is 5.92 Å². The fraction of sp³-hybridized carbons (Fsp3) is 0.818. The SMILES string of the molecule is CCC1(C2CC2)C(=N)NC(=O)N1C1CC1. The molecule has 82 valence electrons. The van der Waals surface area contributed by atoms with Crippen LogP contribution in [0.4, 0.5) is 4.79 Å². The first-order chi connectivity index (χ1) is 7.20. The molecule has 0 bridgehead atoms. The van der Waals surface area contributed by atoms with Crippen molar-refractivity contribution in [1.29, 1.82) is 5.41 Å². The molecule has 1 heterocycles. The summed E-state index contributed by atoms with van der Waals surface area (Å²) >= 11 is 0. The molecule has 0 aromatic carbocycles. The largest absolute Gasteiger partial charge is 0.323 e. The molecule has 4 heteroatoms. The van der Waals surface area contributed by atoms with Gasteiger partial charge >= 0.3 is 6.03 Å². The monoisotopic (exact) mass is 207 g/mol. The molecule has 1 aliphatic heterocycles. The second kappa shape index (κ2) is 2.74. The molecule has 0 aromatic rings. The van der Waals surface area contributed by atoms with E-state index in [1.165, 1.54) is 12.8 Å². The lowest BCUT2D eigenvalue weighted by molar-refractivity contribution is 0.151. The molecular weight excluding hydrogens is 190 g/mol. The van der Waals surface area contributed by atoms with Gasteiger partial charge in [-0.3, -0.25) is 10.7 Å². The van der Waals surface area contributed by atoms with E-state index in [0.29, 0.717) is 17.8 Å². The number of hydrogen-bond acceptors (Lipinski definition) is 2. The molecule has 15 heavy (non-hydrogen) atoms. The first-order valence-corrected chi connectivity index (χ1v) is 5.89. The minimum atomic E-state index is -0.266. The molecule has 3 fully saturated rings. The molecule has 2 amide bonds. The van der Waals surface area contributed by atoms with Crippen LogP contribution < -0.4 is 5.32 Å². The molecule has 3 aliphatic rings. The average Bonchev–Trinajstić information content (AvgIpc) is 3.04. The van der Waals surface area contributed by atoms with Crippen LogP contribution in [0.1, 0.15) is 39.0 Å². The predicted octanol–water partition coefficient (Wildman–Crippen LogP) is 1.71. The summed E-state index contributed by atoms with van der Waals surface area (Å²) in [4.78, 5) is 13.8. The number of amides is 2. The Morgan fingerprint density at radius 1 is 1.47 bits per heavy atom. The topological polar surface area (TPSA) is 56.2 Å². The van der Waals surface area contributed by atoms with E-state index < -0.39 is 0 Å². The zero-order valence-electron chi connectivity index (χ0n) is 9.05. The molecule has 1 saturated heterocycles. The number of urea groups is 1.